The molecule has 1 amide bonds. The number of rotatable bonds is 6. The van der Waals surface area contributed by atoms with E-state index in [0.717, 1.165) is 17.0 Å². The molecule has 0 radical (unpaired) electrons. The monoisotopic (exact) mass is 237 g/mol. The second-order valence-corrected chi connectivity index (χ2v) is 3.94. The Labute approximate surface area is 101 Å². The fourth-order valence-electron chi connectivity index (χ4n) is 1.43. The van der Waals surface area contributed by atoms with E-state index in [9.17, 15) is 4.79 Å². The van der Waals surface area contributed by atoms with Crippen molar-refractivity contribution >= 4 is 5.91 Å². The number of nitrogens with one attached hydrogen (secondary N) is 2. The van der Waals surface area contributed by atoms with Gasteiger partial charge in [-0.3, -0.25) is 4.79 Å². The van der Waals surface area contributed by atoms with Gasteiger partial charge in [0.1, 0.15) is 5.76 Å². The Morgan fingerprint density at radius 1 is 1.59 bits per heavy atom. The summed E-state index contributed by atoms with van der Waals surface area (Å²) in [5.41, 5.74) is 1.86. The van der Waals surface area contributed by atoms with Gasteiger partial charge in [-0.2, -0.15) is 0 Å². The number of aryl methyl sites for hydroxylation is 2. The predicted molar refractivity (Wildman–Crippen MR) is 65.5 cm³/mol. The van der Waals surface area contributed by atoms with Gasteiger partial charge in [0.15, 0.2) is 0 Å². The molecule has 1 unspecified atom stereocenters. The standard InChI is InChI=1S/C12H19N3O2/c1-5-6-13-12(16)9(3)14-7-11-8(2)15-17-10(11)4/h5,9,14H,1,6-7H2,2-4H3,(H,13,16). The third kappa shape index (κ3) is 3.71. The Morgan fingerprint density at radius 2 is 2.29 bits per heavy atom. The Balaban J connectivity index is 2.45. The molecule has 0 aliphatic heterocycles. The average molecular weight is 237 g/mol. The van der Waals surface area contributed by atoms with E-state index in [1.807, 2.05) is 20.8 Å². The van der Waals surface area contributed by atoms with Gasteiger partial charge in [0.05, 0.1) is 11.7 Å². The Hall–Kier alpha value is -1.62. The highest BCUT2D eigenvalue weighted by molar-refractivity contribution is 5.81. The molecule has 0 spiro atoms. The van der Waals surface area contributed by atoms with Crippen LogP contribution in [0.3, 0.4) is 0 Å². The molecule has 1 rings (SSSR count). The Morgan fingerprint density at radius 3 is 2.82 bits per heavy atom. The maximum Gasteiger partial charge on any atom is 0.237 e. The van der Waals surface area contributed by atoms with Gasteiger partial charge >= 0.3 is 0 Å². The van der Waals surface area contributed by atoms with Gasteiger partial charge in [0.25, 0.3) is 0 Å². The number of hydrogen-bond donors (Lipinski definition) is 2. The van der Waals surface area contributed by atoms with Crippen molar-refractivity contribution in [2.75, 3.05) is 6.54 Å². The molecular weight excluding hydrogens is 218 g/mol. The molecule has 0 saturated carbocycles. The molecule has 1 aromatic heterocycles. The summed E-state index contributed by atoms with van der Waals surface area (Å²) in [6.45, 7) is 10.2. The number of amides is 1. The van der Waals surface area contributed by atoms with Crippen molar-refractivity contribution in [3.8, 4) is 0 Å². The third-order valence-electron chi connectivity index (χ3n) is 2.58. The Bertz CT molecular complexity index is 379. The molecule has 0 aliphatic carbocycles. The Kier molecular flexibility index (Phi) is 4.90. The quantitative estimate of drug-likeness (QED) is 0.726. The van der Waals surface area contributed by atoms with E-state index in [4.69, 9.17) is 4.52 Å². The van der Waals surface area contributed by atoms with Crippen LogP contribution in [0.2, 0.25) is 0 Å². The van der Waals surface area contributed by atoms with Crippen LogP contribution in [0, 0.1) is 13.8 Å². The van der Waals surface area contributed by atoms with Crippen LogP contribution in [0.1, 0.15) is 23.9 Å². The number of carbonyl (C=O) groups is 1. The fourth-order valence-corrected chi connectivity index (χ4v) is 1.43. The molecule has 1 atom stereocenters. The van der Waals surface area contributed by atoms with Crippen LogP contribution in [0.5, 0.6) is 0 Å². The summed E-state index contributed by atoms with van der Waals surface area (Å²) in [5, 5.41) is 9.72. The normalized spacial score (nSPS) is 12.2. The molecule has 0 saturated heterocycles. The van der Waals surface area contributed by atoms with Crippen LogP contribution in [0.25, 0.3) is 0 Å². The van der Waals surface area contributed by atoms with Crippen molar-refractivity contribution in [2.24, 2.45) is 0 Å². The van der Waals surface area contributed by atoms with Gasteiger partial charge in [-0.25, -0.2) is 0 Å². The molecule has 1 heterocycles. The summed E-state index contributed by atoms with van der Waals surface area (Å²) in [7, 11) is 0. The first-order chi connectivity index (χ1) is 8.06. The first-order valence-corrected chi connectivity index (χ1v) is 5.60. The predicted octanol–water partition coefficient (Wildman–Crippen LogP) is 1.07. The van der Waals surface area contributed by atoms with E-state index in [-0.39, 0.29) is 11.9 Å². The lowest BCUT2D eigenvalue weighted by atomic mass is 10.2. The van der Waals surface area contributed by atoms with Crippen LogP contribution in [0.15, 0.2) is 17.2 Å². The maximum absolute atomic E-state index is 11.6. The number of hydrogen-bond acceptors (Lipinski definition) is 4. The molecule has 1 aromatic rings. The van der Waals surface area contributed by atoms with Gasteiger partial charge in [0, 0.05) is 18.7 Å². The lowest BCUT2D eigenvalue weighted by Gasteiger charge is -2.12. The maximum atomic E-state index is 11.6. The number of carbonyl (C=O) groups excluding carboxylic acids is 1. The third-order valence-corrected chi connectivity index (χ3v) is 2.58. The highest BCUT2D eigenvalue weighted by Crippen LogP contribution is 2.11. The molecule has 5 heteroatoms. The zero-order valence-electron chi connectivity index (χ0n) is 10.5. The van der Waals surface area contributed by atoms with Crippen molar-refractivity contribution in [3.05, 3.63) is 29.7 Å². The van der Waals surface area contributed by atoms with Gasteiger partial charge in [-0.15, -0.1) is 6.58 Å². The summed E-state index contributed by atoms with van der Waals surface area (Å²) in [6, 6.07) is -0.261. The highest BCUT2D eigenvalue weighted by Gasteiger charge is 2.14. The van der Waals surface area contributed by atoms with Crippen LogP contribution < -0.4 is 10.6 Å². The molecular formula is C12H19N3O2. The number of nitrogens with zero attached hydrogens (tertiary/aromatic N) is 1. The minimum atomic E-state index is -0.261. The number of aromatic nitrogens is 1. The van der Waals surface area contributed by atoms with E-state index in [0.29, 0.717) is 13.1 Å². The van der Waals surface area contributed by atoms with Crippen molar-refractivity contribution in [1.29, 1.82) is 0 Å². The lowest BCUT2D eigenvalue weighted by molar-refractivity contribution is -0.122. The SMILES string of the molecule is C=CCNC(=O)C(C)NCc1c(C)noc1C. The molecule has 0 fully saturated rings. The minimum Gasteiger partial charge on any atom is -0.361 e. The zero-order valence-corrected chi connectivity index (χ0v) is 10.5. The van der Waals surface area contributed by atoms with Crippen LogP contribution in [-0.4, -0.2) is 23.7 Å². The van der Waals surface area contributed by atoms with Gasteiger partial charge in [-0.1, -0.05) is 11.2 Å². The molecule has 2 N–H and O–H groups in total. The van der Waals surface area contributed by atoms with E-state index in [2.05, 4.69) is 22.4 Å². The van der Waals surface area contributed by atoms with Gasteiger partial charge in [-0.05, 0) is 20.8 Å². The first-order valence-electron chi connectivity index (χ1n) is 5.60. The minimum absolute atomic E-state index is 0.0448. The zero-order chi connectivity index (χ0) is 12.8. The molecule has 5 nitrogen and oxygen atoms in total. The summed E-state index contributed by atoms with van der Waals surface area (Å²) >= 11 is 0. The van der Waals surface area contributed by atoms with E-state index in [1.165, 1.54) is 0 Å². The summed E-state index contributed by atoms with van der Waals surface area (Å²) in [6.07, 6.45) is 1.65. The molecule has 0 aliphatic rings. The summed E-state index contributed by atoms with van der Waals surface area (Å²) in [4.78, 5) is 11.6. The lowest BCUT2D eigenvalue weighted by Crippen LogP contribution is -2.41. The largest absolute Gasteiger partial charge is 0.361 e. The van der Waals surface area contributed by atoms with Crippen molar-refractivity contribution < 1.29 is 9.32 Å². The first kappa shape index (κ1) is 13.4. The topological polar surface area (TPSA) is 67.2 Å². The van der Waals surface area contributed by atoms with Crippen LogP contribution >= 0.6 is 0 Å². The second-order valence-electron chi connectivity index (χ2n) is 3.94. The smallest absolute Gasteiger partial charge is 0.237 e. The van der Waals surface area contributed by atoms with E-state index < -0.39 is 0 Å². The van der Waals surface area contributed by atoms with E-state index >= 15 is 0 Å². The summed E-state index contributed by atoms with van der Waals surface area (Å²) in [5.74, 6) is 0.741. The van der Waals surface area contributed by atoms with Crippen LogP contribution in [0.4, 0.5) is 0 Å². The molecule has 0 aromatic carbocycles. The van der Waals surface area contributed by atoms with Gasteiger partial charge < -0.3 is 15.2 Å². The fraction of sp³-hybridized carbons (Fsp3) is 0.500. The van der Waals surface area contributed by atoms with Crippen LogP contribution in [-0.2, 0) is 11.3 Å². The highest BCUT2D eigenvalue weighted by atomic mass is 16.5. The van der Waals surface area contributed by atoms with Crippen molar-refractivity contribution in [3.63, 3.8) is 0 Å². The van der Waals surface area contributed by atoms with Crippen molar-refractivity contribution in [1.82, 2.24) is 15.8 Å². The second kappa shape index (κ2) is 6.20. The molecule has 0 bridgehead atoms. The van der Waals surface area contributed by atoms with Gasteiger partial charge in [0.2, 0.25) is 5.91 Å². The molecule has 94 valence electrons. The average Bonchev–Trinajstić information content (AvgIpc) is 2.63. The van der Waals surface area contributed by atoms with Crippen molar-refractivity contribution in [2.45, 2.75) is 33.4 Å². The van der Waals surface area contributed by atoms with E-state index in [1.54, 1.807) is 6.08 Å². The molecule has 17 heavy (non-hydrogen) atoms. The summed E-state index contributed by atoms with van der Waals surface area (Å²) < 4.78 is 5.05.